The normalized spacial score (nSPS) is 16.5. The Labute approximate surface area is 165 Å². The summed E-state index contributed by atoms with van der Waals surface area (Å²) in [6.45, 7) is 5.89. The number of carbonyl (C=O) groups is 1. The van der Waals surface area contributed by atoms with E-state index >= 15 is 0 Å². The van der Waals surface area contributed by atoms with Gasteiger partial charge in [-0.2, -0.15) is 0 Å². The number of ether oxygens (including phenoxy) is 1. The largest absolute Gasteiger partial charge is 0.379 e. The molecule has 0 aromatic heterocycles. The first kappa shape index (κ1) is 20.5. The summed E-state index contributed by atoms with van der Waals surface area (Å²) in [6, 6.07) is 13.5. The van der Waals surface area contributed by atoms with Crippen LogP contribution in [0.15, 0.2) is 53.4 Å². The van der Waals surface area contributed by atoms with Crippen molar-refractivity contribution in [3.63, 3.8) is 0 Å². The Morgan fingerprint density at radius 3 is 2.50 bits per heavy atom. The molecule has 150 valence electrons. The van der Waals surface area contributed by atoms with E-state index in [1.807, 2.05) is 25.1 Å². The molecule has 2 aromatic rings. The minimum Gasteiger partial charge on any atom is -0.379 e. The summed E-state index contributed by atoms with van der Waals surface area (Å²) in [5.41, 5.74) is 2.48. The molecule has 0 spiro atoms. The molecule has 1 saturated heterocycles. The summed E-state index contributed by atoms with van der Waals surface area (Å²) in [5.74, 6) is -0.174. The van der Waals surface area contributed by atoms with Crippen LogP contribution >= 0.6 is 0 Å². The van der Waals surface area contributed by atoms with Gasteiger partial charge in [-0.15, -0.1) is 0 Å². The molecule has 28 heavy (non-hydrogen) atoms. The molecule has 3 N–H and O–H groups in total. The Morgan fingerprint density at radius 2 is 1.86 bits per heavy atom. The number of primary sulfonamides is 1. The summed E-state index contributed by atoms with van der Waals surface area (Å²) < 4.78 is 28.1. The van der Waals surface area contributed by atoms with Gasteiger partial charge in [0.1, 0.15) is 0 Å². The number of rotatable bonds is 6. The zero-order valence-electron chi connectivity index (χ0n) is 15.8. The van der Waals surface area contributed by atoms with Crippen molar-refractivity contribution in [2.75, 3.05) is 26.3 Å². The molecule has 7 nitrogen and oxygen atoms in total. The Kier molecular flexibility index (Phi) is 6.46. The predicted molar refractivity (Wildman–Crippen MR) is 106 cm³/mol. The van der Waals surface area contributed by atoms with Gasteiger partial charge < -0.3 is 10.1 Å². The maximum atomic E-state index is 12.6. The van der Waals surface area contributed by atoms with Gasteiger partial charge >= 0.3 is 0 Å². The maximum absolute atomic E-state index is 12.6. The van der Waals surface area contributed by atoms with Crippen LogP contribution in [0.25, 0.3) is 0 Å². The number of sulfonamides is 1. The third-order valence-electron chi connectivity index (χ3n) is 4.76. The summed E-state index contributed by atoms with van der Waals surface area (Å²) in [7, 11) is -3.73. The second-order valence-electron chi connectivity index (χ2n) is 6.90. The number of nitrogens with two attached hydrogens (primary N) is 1. The van der Waals surface area contributed by atoms with E-state index in [1.54, 1.807) is 18.2 Å². The number of nitrogens with one attached hydrogen (secondary N) is 1. The molecular formula is C20H25N3O4S. The van der Waals surface area contributed by atoms with E-state index in [4.69, 9.17) is 9.88 Å². The highest BCUT2D eigenvalue weighted by Crippen LogP contribution is 2.17. The van der Waals surface area contributed by atoms with E-state index in [1.165, 1.54) is 12.1 Å². The second-order valence-corrected chi connectivity index (χ2v) is 8.46. The van der Waals surface area contributed by atoms with Gasteiger partial charge in [-0.05, 0) is 42.3 Å². The van der Waals surface area contributed by atoms with Crippen molar-refractivity contribution < 1.29 is 17.9 Å². The van der Waals surface area contributed by atoms with Crippen LogP contribution in [0.1, 0.15) is 34.5 Å². The van der Waals surface area contributed by atoms with Crippen molar-refractivity contribution in [1.82, 2.24) is 10.2 Å². The van der Waals surface area contributed by atoms with E-state index in [9.17, 15) is 13.2 Å². The van der Waals surface area contributed by atoms with Crippen molar-refractivity contribution in [2.45, 2.75) is 24.4 Å². The Balaban J connectivity index is 1.64. The molecule has 1 unspecified atom stereocenters. The topological polar surface area (TPSA) is 102 Å². The highest BCUT2D eigenvalue weighted by molar-refractivity contribution is 7.89. The van der Waals surface area contributed by atoms with Crippen LogP contribution in [0.2, 0.25) is 0 Å². The Morgan fingerprint density at radius 1 is 1.18 bits per heavy atom. The first-order chi connectivity index (χ1) is 13.3. The van der Waals surface area contributed by atoms with Crippen molar-refractivity contribution in [3.05, 3.63) is 65.2 Å². The van der Waals surface area contributed by atoms with E-state index < -0.39 is 10.0 Å². The Hall–Kier alpha value is -2.26. The lowest BCUT2D eigenvalue weighted by Gasteiger charge is -2.26. The zero-order chi connectivity index (χ0) is 20.1. The van der Waals surface area contributed by atoms with Gasteiger partial charge in [0.2, 0.25) is 10.0 Å². The number of amides is 1. The molecular weight excluding hydrogens is 378 g/mol. The number of hydrogen-bond donors (Lipinski definition) is 2. The monoisotopic (exact) mass is 403 g/mol. The van der Waals surface area contributed by atoms with Crippen LogP contribution in [-0.4, -0.2) is 45.5 Å². The Bertz CT molecular complexity index is 923. The number of carbonyl (C=O) groups excluding carboxylic acids is 1. The first-order valence-corrected chi connectivity index (χ1v) is 10.7. The summed E-state index contributed by atoms with van der Waals surface area (Å²) >= 11 is 0. The smallest absolute Gasteiger partial charge is 0.251 e. The highest BCUT2D eigenvalue weighted by atomic mass is 32.2. The zero-order valence-corrected chi connectivity index (χ0v) is 16.6. The quantitative estimate of drug-likeness (QED) is 0.764. The van der Waals surface area contributed by atoms with Crippen LogP contribution < -0.4 is 10.5 Å². The highest BCUT2D eigenvalue weighted by Gasteiger charge is 2.15. The fourth-order valence-corrected chi connectivity index (χ4v) is 3.65. The van der Waals surface area contributed by atoms with Crippen molar-refractivity contribution in [1.29, 1.82) is 0 Å². The fraction of sp³-hybridized carbons (Fsp3) is 0.350. The lowest BCUT2D eigenvalue weighted by atomic mass is 10.1. The van der Waals surface area contributed by atoms with Crippen LogP contribution in [0.4, 0.5) is 0 Å². The molecule has 2 aromatic carbocycles. The minimum atomic E-state index is -3.73. The van der Waals surface area contributed by atoms with E-state index in [2.05, 4.69) is 10.2 Å². The van der Waals surface area contributed by atoms with Crippen LogP contribution in [0, 0.1) is 0 Å². The van der Waals surface area contributed by atoms with E-state index in [0.29, 0.717) is 5.56 Å². The molecule has 1 amide bonds. The van der Waals surface area contributed by atoms with Crippen molar-refractivity contribution in [2.24, 2.45) is 5.14 Å². The molecule has 3 rings (SSSR count). The third-order valence-corrected chi connectivity index (χ3v) is 5.68. The molecule has 8 heteroatoms. The van der Waals surface area contributed by atoms with Gasteiger partial charge in [-0.3, -0.25) is 9.69 Å². The van der Waals surface area contributed by atoms with Gasteiger partial charge in [0.25, 0.3) is 5.91 Å². The fourth-order valence-electron chi connectivity index (χ4n) is 3.14. The van der Waals surface area contributed by atoms with Gasteiger partial charge in [0.15, 0.2) is 0 Å². The van der Waals surface area contributed by atoms with E-state index in [-0.39, 0.29) is 16.8 Å². The standard InChI is InChI=1S/C20H25N3O4S/c1-15(17-5-7-19(8-6-17)28(21,25)26)22-20(24)18-4-2-3-16(13-18)14-23-9-11-27-12-10-23/h2-8,13,15H,9-12,14H2,1H3,(H,22,24)(H2,21,25,26). The van der Waals surface area contributed by atoms with Crippen LogP contribution in [0.3, 0.4) is 0 Å². The molecule has 0 saturated carbocycles. The molecule has 0 aliphatic carbocycles. The van der Waals surface area contributed by atoms with Gasteiger partial charge in [-0.1, -0.05) is 24.3 Å². The number of hydrogen-bond acceptors (Lipinski definition) is 5. The van der Waals surface area contributed by atoms with Gasteiger partial charge in [-0.25, -0.2) is 13.6 Å². The molecule has 1 aliphatic rings. The van der Waals surface area contributed by atoms with Crippen LogP contribution in [-0.2, 0) is 21.3 Å². The number of nitrogens with zero attached hydrogens (tertiary/aromatic N) is 1. The van der Waals surface area contributed by atoms with Gasteiger partial charge in [0, 0.05) is 25.2 Å². The van der Waals surface area contributed by atoms with Gasteiger partial charge in [0.05, 0.1) is 24.2 Å². The summed E-state index contributed by atoms with van der Waals surface area (Å²) in [5, 5.41) is 8.06. The molecule has 1 atom stereocenters. The number of morpholine rings is 1. The molecule has 1 aliphatic heterocycles. The van der Waals surface area contributed by atoms with Crippen molar-refractivity contribution in [3.8, 4) is 0 Å². The second kappa shape index (κ2) is 8.83. The predicted octanol–water partition coefficient (Wildman–Crippen LogP) is 1.66. The first-order valence-electron chi connectivity index (χ1n) is 9.15. The average molecular weight is 404 g/mol. The van der Waals surface area contributed by atoms with Crippen LogP contribution in [0.5, 0.6) is 0 Å². The molecule has 1 fully saturated rings. The molecule has 0 bridgehead atoms. The van der Waals surface area contributed by atoms with Crippen molar-refractivity contribution >= 4 is 15.9 Å². The summed E-state index contributed by atoms with van der Waals surface area (Å²) in [6.07, 6.45) is 0. The maximum Gasteiger partial charge on any atom is 0.251 e. The van der Waals surface area contributed by atoms with E-state index in [0.717, 1.165) is 44.0 Å². The summed E-state index contributed by atoms with van der Waals surface area (Å²) in [4.78, 5) is 15.0. The minimum absolute atomic E-state index is 0.0468. The molecule has 1 heterocycles. The molecule has 0 radical (unpaired) electrons. The third kappa shape index (κ3) is 5.39. The number of benzene rings is 2. The SMILES string of the molecule is CC(NC(=O)c1cccc(CN2CCOCC2)c1)c1ccc(S(N)(=O)=O)cc1. The average Bonchev–Trinajstić information content (AvgIpc) is 2.68. The lowest BCUT2D eigenvalue weighted by Crippen LogP contribution is -2.35. The lowest BCUT2D eigenvalue weighted by molar-refractivity contribution is 0.0342.